The topological polar surface area (TPSA) is 119 Å². The number of nitrogens with zero attached hydrogens (tertiary/aromatic N) is 7. The fourth-order valence-electron chi connectivity index (χ4n) is 4.93. The Hall–Kier alpha value is -5.37. The molecule has 1 aliphatic rings. The van der Waals surface area contributed by atoms with Crippen molar-refractivity contribution in [1.29, 1.82) is 0 Å². The molecule has 1 fully saturated rings. The third kappa shape index (κ3) is 6.06. The number of alkyl halides is 2. The minimum atomic E-state index is -3.11. The van der Waals surface area contributed by atoms with Crippen LogP contribution in [0.15, 0.2) is 73.3 Å². The standard InChI is InChI=1S/C30H28F2N8O4/c1-37-11-13-39(14-12-37)29(42)19-5-3-6-20(15-19)43-21-7-8-25(44-30(31)32)22(16-21)26-24(18-38(2)36-26)35-28(41)23-17-34-40-10-4-9-33-27(23)40/h3-10,15-18,30H,11-14H2,1-2H3,(H,35,41). The van der Waals surface area contributed by atoms with Gasteiger partial charge >= 0.3 is 6.61 Å². The van der Waals surface area contributed by atoms with Crippen molar-refractivity contribution < 1.29 is 27.8 Å². The number of aryl methyl sites for hydroxylation is 1. The first-order valence-corrected chi connectivity index (χ1v) is 13.7. The summed E-state index contributed by atoms with van der Waals surface area (Å²) in [6.45, 7) is -0.254. The van der Waals surface area contributed by atoms with Crippen molar-refractivity contribution in [2.45, 2.75) is 6.61 Å². The molecule has 2 amide bonds. The van der Waals surface area contributed by atoms with Gasteiger partial charge in [-0.25, -0.2) is 9.50 Å². The first kappa shape index (κ1) is 28.7. The van der Waals surface area contributed by atoms with Gasteiger partial charge in [0.2, 0.25) is 0 Å². The summed E-state index contributed by atoms with van der Waals surface area (Å²) in [6.07, 6.45) is 6.13. The van der Waals surface area contributed by atoms with Gasteiger partial charge < -0.3 is 24.6 Å². The number of aromatic nitrogens is 5. The first-order chi connectivity index (χ1) is 21.2. The van der Waals surface area contributed by atoms with E-state index >= 15 is 0 Å². The third-order valence-electron chi connectivity index (χ3n) is 7.13. The Bertz CT molecular complexity index is 1830. The van der Waals surface area contributed by atoms with Gasteiger partial charge in [0.25, 0.3) is 11.8 Å². The van der Waals surface area contributed by atoms with Crippen molar-refractivity contribution in [2.75, 3.05) is 38.5 Å². The van der Waals surface area contributed by atoms with Crippen LogP contribution in [0.25, 0.3) is 16.9 Å². The van der Waals surface area contributed by atoms with Gasteiger partial charge in [-0.1, -0.05) is 6.07 Å². The van der Waals surface area contributed by atoms with Crippen molar-refractivity contribution in [3.8, 4) is 28.5 Å². The lowest BCUT2D eigenvalue weighted by Crippen LogP contribution is -2.47. The number of ether oxygens (including phenoxy) is 2. The van der Waals surface area contributed by atoms with Gasteiger partial charge in [0.1, 0.15) is 28.5 Å². The number of halogens is 2. The van der Waals surface area contributed by atoms with Crippen LogP contribution in [-0.4, -0.2) is 85.8 Å². The van der Waals surface area contributed by atoms with E-state index in [1.807, 2.05) is 7.05 Å². The molecule has 5 aromatic rings. The Morgan fingerprint density at radius 1 is 1.00 bits per heavy atom. The second-order valence-corrected chi connectivity index (χ2v) is 10.2. The zero-order chi connectivity index (χ0) is 30.8. The van der Waals surface area contributed by atoms with E-state index in [1.54, 1.807) is 60.9 Å². The summed E-state index contributed by atoms with van der Waals surface area (Å²) in [5.41, 5.74) is 1.60. The molecule has 12 nitrogen and oxygen atoms in total. The zero-order valence-electron chi connectivity index (χ0n) is 23.9. The maximum Gasteiger partial charge on any atom is 0.387 e. The van der Waals surface area contributed by atoms with Crippen molar-refractivity contribution in [2.24, 2.45) is 7.05 Å². The number of amides is 2. The molecule has 0 atom stereocenters. The summed E-state index contributed by atoms with van der Waals surface area (Å²) in [7, 11) is 3.65. The minimum absolute atomic E-state index is 0.0970. The van der Waals surface area contributed by atoms with Crippen LogP contribution in [0.2, 0.25) is 0 Å². The van der Waals surface area contributed by atoms with E-state index in [2.05, 4.69) is 25.4 Å². The van der Waals surface area contributed by atoms with Crippen molar-refractivity contribution in [1.82, 2.24) is 34.2 Å². The number of carbonyl (C=O) groups is 2. The van der Waals surface area contributed by atoms with E-state index in [-0.39, 0.29) is 39.9 Å². The van der Waals surface area contributed by atoms with E-state index in [0.717, 1.165) is 13.1 Å². The summed E-state index contributed by atoms with van der Waals surface area (Å²) in [4.78, 5) is 34.5. The van der Waals surface area contributed by atoms with Gasteiger partial charge in [-0.05, 0) is 49.5 Å². The highest BCUT2D eigenvalue weighted by atomic mass is 19.3. The van der Waals surface area contributed by atoms with Crippen LogP contribution in [0.1, 0.15) is 20.7 Å². The van der Waals surface area contributed by atoms with Crippen molar-refractivity contribution in [3.05, 3.63) is 84.4 Å². The van der Waals surface area contributed by atoms with Crippen LogP contribution < -0.4 is 14.8 Å². The Morgan fingerprint density at radius 2 is 1.80 bits per heavy atom. The molecule has 1 N–H and O–H groups in total. The molecule has 3 aromatic heterocycles. The number of hydrogen-bond donors (Lipinski definition) is 1. The Morgan fingerprint density at radius 3 is 2.59 bits per heavy atom. The smallest absolute Gasteiger partial charge is 0.387 e. The quantitative estimate of drug-likeness (QED) is 0.281. The lowest BCUT2D eigenvalue weighted by Gasteiger charge is -2.32. The molecule has 44 heavy (non-hydrogen) atoms. The van der Waals surface area contributed by atoms with Crippen molar-refractivity contribution >= 4 is 23.1 Å². The summed E-state index contributed by atoms with van der Waals surface area (Å²) >= 11 is 0. The number of benzene rings is 2. The Kier molecular flexibility index (Phi) is 7.89. The fourth-order valence-corrected chi connectivity index (χ4v) is 4.93. The van der Waals surface area contributed by atoms with Gasteiger partial charge in [-0.2, -0.15) is 19.0 Å². The largest absolute Gasteiger partial charge is 0.457 e. The number of likely N-dealkylation sites (N-methyl/N-ethyl adjacent to an activating group) is 1. The molecule has 226 valence electrons. The number of fused-ring (bicyclic) bond motifs is 1. The Balaban J connectivity index is 1.29. The number of piperazine rings is 1. The van der Waals surface area contributed by atoms with Crippen LogP contribution >= 0.6 is 0 Å². The van der Waals surface area contributed by atoms with Gasteiger partial charge in [0.05, 0.1) is 17.4 Å². The molecule has 6 rings (SSSR count). The lowest BCUT2D eigenvalue weighted by atomic mass is 10.1. The molecule has 14 heteroatoms. The molecule has 0 radical (unpaired) electrons. The fraction of sp³-hybridized carbons (Fsp3) is 0.233. The number of rotatable bonds is 8. The summed E-state index contributed by atoms with van der Waals surface area (Å²) in [6, 6.07) is 12.8. The summed E-state index contributed by atoms with van der Waals surface area (Å²) in [5, 5.41) is 11.3. The second kappa shape index (κ2) is 12.1. The number of hydrogen-bond acceptors (Lipinski definition) is 8. The summed E-state index contributed by atoms with van der Waals surface area (Å²) < 4.78 is 40.6. The predicted octanol–water partition coefficient (Wildman–Crippen LogP) is 4.16. The van der Waals surface area contributed by atoms with E-state index < -0.39 is 12.5 Å². The van der Waals surface area contributed by atoms with Gasteiger partial charge in [0.15, 0.2) is 5.65 Å². The minimum Gasteiger partial charge on any atom is -0.457 e. The third-order valence-corrected chi connectivity index (χ3v) is 7.13. The normalized spacial score (nSPS) is 13.8. The van der Waals surface area contributed by atoms with E-state index in [0.29, 0.717) is 30.0 Å². The van der Waals surface area contributed by atoms with Crippen molar-refractivity contribution in [3.63, 3.8) is 0 Å². The lowest BCUT2D eigenvalue weighted by molar-refractivity contribution is -0.0494. The SMILES string of the molecule is CN1CCN(C(=O)c2cccc(Oc3ccc(OC(F)F)c(-c4nn(C)cc4NC(=O)c4cnn5cccnc45)c3)c2)CC1. The van der Waals surface area contributed by atoms with Crippen LogP contribution in [0, 0.1) is 0 Å². The molecule has 0 bridgehead atoms. The average molecular weight is 603 g/mol. The molecular weight excluding hydrogens is 574 g/mol. The zero-order valence-corrected chi connectivity index (χ0v) is 23.9. The van der Waals surface area contributed by atoms with Crippen LogP contribution in [-0.2, 0) is 7.05 Å². The highest BCUT2D eigenvalue weighted by Crippen LogP contribution is 2.39. The van der Waals surface area contributed by atoms with Gasteiger partial charge in [-0.3, -0.25) is 14.3 Å². The highest BCUT2D eigenvalue weighted by Gasteiger charge is 2.23. The van der Waals surface area contributed by atoms with Crippen LogP contribution in [0.4, 0.5) is 14.5 Å². The van der Waals surface area contributed by atoms with Gasteiger partial charge in [0, 0.05) is 57.4 Å². The molecule has 1 saturated heterocycles. The molecule has 2 aromatic carbocycles. The van der Waals surface area contributed by atoms with Gasteiger partial charge in [-0.15, -0.1) is 0 Å². The number of anilines is 1. The highest BCUT2D eigenvalue weighted by molar-refractivity contribution is 6.09. The van der Waals surface area contributed by atoms with E-state index in [1.165, 1.54) is 33.6 Å². The number of nitrogens with one attached hydrogen (secondary N) is 1. The molecule has 1 aliphatic heterocycles. The molecule has 0 spiro atoms. The van der Waals surface area contributed by atoms with Crippen LogP contribution in [0.5, 0.6) is 17.2 Å². The number of carbonyl (C=O) groups excluding carboxylic acids is 2. The maximum absolute atomic E-state index is 13.4. The predicted molar refractivity (Wildman–Crippen MR) is 156 cm³/mol. The molecule has 0 saturated carbocycles. The molecule has 0 unspecified atom stereocenters. The maximum atomic E-state index is 13.4. The molecular formula is C30H28F2N8O4. The summed E-state index contributed by atoms with van der Waals surface area (Å²) in [5.74, 6) is -0.119. The molecule has 4 heterocycles. The first-order valence-electron chi connectivity index (χ1n) is 13.7. The Labute approximate surface area is 250 Å². The molecule has 0 aliphatic carbocycles. The van der Waals surface area contributed by atoms with E-state index in [4.69, 9.17) is 9.47 Å². The average Bonchev–Trinajstić information content (AvgIpc) is 3.61. The van der Waals surface area contributed by atoms with E-state index in [9.17, 15) is 18.4 Å². The van der Waals surface area contributed by atoms with Crippen LogP contribution in [0.3, 0.4) is 0 Å². The monoisotopic (exact) mass is 602 g/mol. The second-order valence-electron chi connectivity index (χ2n) is 10.2.